The molecular formula is C12H18BrN3O. The topological polar surface area (TPSA) is 58.4 Å². The van der Waals surface area contributed by atoms with Gasteiger partial charge in [-0.3, -0.25) is 9.69 Å². The molecule has 0 aliphatic carbocycles. The molecule has 4 nitrogen and oxygen atoms in total. The van der Waals surface area contributed by atoms with Crippen LogP contribution < -0.4 is 11.1 Å². The van der Waals surface area contributed by atoms with Crippen molar-refractivity contribution in [2.24, 2.45) is 5.73 Å². The van der Waals surface area contributed by atoms with Crippen LogP contribution >= 0.6 is 15.9 Å². The molecule has 1 aromatic rings. The average molecular weight is 300 g/mol. The number of carbonyl (C=O) groups is 1. The van der Waals surface area contributed by atoms with Gasteiger partial charge in [-0.15, -0.1) is 0 Å². The van der Waals surface area contributed by atoms with Crippen LogP contribution in [0, 0.1) is 0 Å². The van der Waals surface area contributed by atoms with Gasteiger partial charge in [0.2, 0.25) is 5.91 Å². The Morgan fingerprint density at radius 2 is 2.18 bits per heavy atom. The Kier molecular flexibility index (Phi) is 5.61. The van der Waals surface area contributed by atoms with Crippen molar-refractivity contribution in [1.82, 2.24) is 10.2 Å². The third kappa shape index (κ3) is 3.80. The molecule has 0 aliphatic heterocycles. The summed E-state index contributed by atoms with van der Waals surface area (Å²) in [5.74, 6) is -0.0157. The molecule has 1 amide bonds. The van der Waals surface area contributed by atoms with Gasteiger partial charge in [0.1, 0.15) is 0 Å². The van der Waals surface area contributed by atoms with E-state index in [-0.39, 0.29) is 11.9 Å². The normalized spacial score (nSPS) is 12.5. The summed E-state index contributed by atoms with van der Waals surface area (Å²) >= 11 is 3.51. The molecule has 0 heterocycles. The second-order valence-electron chi connectivity index (χ2n) is 3.86. The number of nitrogens with two attached hydrogens (primary N) is 1. The van der Waals surface area contributed by atoms with Gasteiger partial charge in [0.25, 0.3) is 0 Å². The molecule has 1 rings (SSSR count). The van der Waals surface area contributed by atoms with E-state index in [1.54, 1.807) is 7.05 Å². The van der Waals surface area contributed by atoms with E-state index in [0.717, 1.165) is 10.0 Å². The van der Waals surface area contributed by atoms with E-state index in [0.29, 0.717) is 13.1 Å². The molecule has 1 unspecified atom stereocenters. The predicted octanol–water partition coefficient (Wildman–Crippen LogP) is 1.13. The van der Waals surface area contributed by atoms with Crippen molar-refractivity contribution >= 4 is 21.8 Å². The highest BCUT2D eigenvalue weighted by molar-refractivity contribution is 9.10. The van der Waals surface area contributed by atoms with Gasteiger partial charge < -0.3 is 11.1 Å². The van der Waals surface area contributed by atoms with E-state index in [9.17, 15) is 4.79 Å². The van der Waals surface area contributed by atoms with Gasteiger partial charge in [-0.25, -0.2) is 0 Å². The van der Waals surface area contributed by atoms with Crippen LogP contribution in [0.15, 0.2) is 28.7 Å². The Morgan fingerprint density at radius 3 is 2.71 bits per heavy atom. The molecule has 0 bridgehead atoms. The zero-order valence-corrected chi connectivity index (χ0v) is 11.7. The summed E-state index contributed by atoms with van der Waals surface area (Å²) in [6.07, 6.45) is 0. The number of hydrogen-bond acceptors (Lipinski definition) is 3. The van der Waals surface area contributed by atoms with E-state index >= 15 is 0 Å². The predicted molar refractivity (Wildman–Crippen MR) is 72.6 cm³/mol. The van der Waals surface area contributed by atoms with Crippen LogP contribution in [0.5, 0.6) is 0 Å². The number of nitrogens with zero attached hydrogens (tertiary/aromatic N) is 1. The van der Waals surface area contributed by atoms with Gasteiger partial charge in [0.05, 0.1) is 6.54 Å². The molecule has 0 aliphatic rings. The summed E-state index contributed by atoms with van der Waals surface area (Å²) in [7, 11) is 3.53. The first-order valence-electron chi connectivity index (χ1n) is 5.45. The zero-order valence-electron chi connectivity index (χ0n) is 10.1. The molecule has 0 saturated heterocycles. The quantitative estimate of drug-likeness (QED) is 0.857. The summed E-state index contributed by atoms with van der Waals surface area (Å²) in [4.78, 5) is 13.3. The fraction of sp³-hybridized carbons (Fsp3) is 0.417. The van der Waals surface area contributed by atoms with Gasteiger partial charge in [-0.2, -0.15) is 0 Å². The fourth-order valence-electron chi connectivity index (χ4n) is 1.71. The lowest BCUT2D eigenvalue weighted by atomic mass is 10.1. The van der Waals surface area contributed by atoms with Crippen LogP contribution in [-0.4, -0.2) is 38.0 Å². The van der Waals surface area contributed by atoms with E-state index in [1.807, 2.05) is 36.2 Å². The highest BCUT2D eigenvalue weighted by Gasteiger charge is 2.19. The number of benzene rings is 1. The molecule has 0 radical (unpaired) electrons. The first-order valence-corrected chi connectivity index (χ1v) is 6.24. The Hall–Kier alpha value is -0.910. The summed E-state index contributed by atoms with van der Waals surface area (Å²) in [5, 5.41) is 2.61. The minimum absolute atomic E-state index is 0.0157. The lowest BCUT2D eigenvalue weighted by Gasteiger charge is -2.27. The number of likely N-dealkylation sites (N-methyl/N-ethyl adjacent to an activating group) is 2. The van der Waals surface area contributed by atoms with Crippen molar-refractivity contribution in [3.05, 3.63) is 34.3 Å². The molecule has 0 saturated carbocycles. The largest absolute Gasteiger partial charge is 0.358 e. The maximum absolute atomic E-state index is 11.4. The van der Waals surface area contributed by atoms with Crippen molar-refractivity contribution in [1.29, 1.82) is 0 Å². The zero-order chi connectivity index (χ0) is 12.8. The number of halogens is 1. The number of amides is 1. The minimum atomic E-state index is -0.0157. The molecule has 1 aromatic carbocycles. The Labute approximate surface area is 110 Å². The van der Waals surface area contributed by atoms with Gasteiger partial charge in [0.15, 0.2) is 0 Å². The highest BCUT2D eigenvalue weighted by Crippen LogP contribution is 2.25. The Morgan fingerprint density at radius 1 is 1.53 bits per heavy atom. The molecule has 1 atom stereocenters. The average Bonchev–Trinajstić information content (AvgIpc) is 2.32. The number of hydrogen-bond donors (Lipinski definition) is 2. The van der Waals surface area contributed by atoms with Crippen molar-refractivity contribution in [3.63, 3.8) is 0 Å². The van der Waals surface area contributed by atoms with Gasteiger partial charge in [-0.1, -0.05) is 34.1 Å². The molecular weight excluding hydrogens is 282 g/mol. The van der Waals surface area contributed by atoms with E-state index in [1.165, 1.54) is 0 Å². The van der Waals surface area contributed by atoms with Crippen LogP contribution in [0.1, 0.15) is 11.6 Å². The van der Waals surface area contributed by atoms with Gasteiger partial charge in [-0.05, 0) is 18.7 Å². The molecule has 17 heavy (non-hydrogen) atoms. The second kappa shape index (κ2) is 6.74. The molecule has 94 valence electrons. The first-order chi connectivity index (χ1) is 8.10. The Bertz CT molecular complexity index is 384. The van der Waals surface area contributed by atoms with Crippen LogP contribution in [-0.2, 0) is 4.79 Å². The highest BCUT2D eigenvalue weighted by atomic mass is 79.9. The van der Waals surface area contributed by atoms with Gasteiger partial charge >= 0.3 is 0 Å². The van der Waals surface area contributed by atoms with Crippen molar-refractivity contribution in [2.75, 3.05) is 27.2 Å². The maximum Gasteiger partial charge on any atom is 0.233 e. The molecule has 3 N–H and O–H groups in total. The molecule has 5 heteroatoms. The monoisotopic (exact) mass is 299 g/mol. The van der Waals surface area contributed by atoms with Crippen molar-refractivity contribution < 1.29 is 4.79 Å². The van der Waals surface area contributed by atoms with Crippen molar-refractivity contribution in [2.45, 2.75) is 6.04 Å². The number of rotatable bonds is 5. The standard InChI is InChI=1S/C12H18BrN3O/c1-15-12(17)8-16(2)11(7-14)9-5-3-4-6-10(9)13/h3-6,11H,7-8,14H2,1-2H3,(H,15,17). The summed E-state index contributed by atoms with van der Waals surface area (Å²) in [6.45, 7) is 0.801. The maximum atomic E-state index is 11.4. The first kappa shape index (κ1) is 14.2. The van der Waals surface area contributed by atoms with Crippen LogP contribution in [0.4, 0.5) is 0 Å². The van der Waals surface area contributed by atoms with Gasteiger partial charge in [0, 0.05) is 24.1 Å². The van der Waals surface area contributed by atoms with Crippen LogP contribution in [0.3, 0.4) is 0 Å². The SMILES string of the molecule is CNC(=O)CN(C)C(CN)c1ccccc1Br. The second-order valence-corrected chi connectivity index (χ2v) is 4.72. The molecule has 0 fully saturated rings. The smallest absolute Gasteiger partial charge is 0.233 e. The lowest BCUT2D eigenvalue weighted by molar-refractivity contribution is -0.121. The molecule has 0 spiro atoms. The number of carbonyl (C=O) groups excluding carboxylic acids is 1. The molecule has 0 aromatic heterocycles. The summed E-state index contributed by atoms with van der Waals surface area (Å²) < 4.78 is 1.01. The third-order valence-electron chi connectivity index (χ3n) is 2.69. The fourth-order valence-corrected chi connectivity index (χ4v) is 2.25. The van der Waals surface area contributed by atoms with E-state index in [4.69, 9.17) is 5.73 Å². The summed E-state index contributed by atoms with van der Waals surface area (Å²) in [6, 6.07) is 7.95. The lowest BCUT2D eigenvalue weighted by Crippen LogP contribution is -2.38. The van der Waals surface area contributed by atoms with E-state index in [2.05, 4.69) is 21.2 Å². The Balaban J connectivity index is 2.84. The van der Waals surface area contributed by atoms with Crippen LogP contribution in [0.2, 0.25) is 0 Å². The summed E-state index contributed by atoms with van der Waals surface area (Å²) in [5.41, 5.74) is 6.90. The van der Waals surface area contributed by atoms with Crippen LogP contribution in [0.25, 0.3) is 0 Å². The van der Waals surface area contributed by atoms with E-state index < -0.39 is 0 Å². The third-order valence-corrected chi connectivity index (χ3v) is 3.41. The van der Waals surface area contributed by atoms with Crippen molar-refractivity contribution in [3.8, 4) is 0 Å². The number of nitrogens with one attached hydrogen (secondary N) is 1. The minimum Gasteiger partial charge on any atom is -0.358 e.